The highest BCUT2D eigenvalue weighted by atomic mass is 32.2. The van der Waals surface area contributed by atoms with Gasteiger partial charge in [-0.2, -0.15) is 11.8 Å². The molecule has 0 radical (unpaired) electrons. The summed E-state index contributed by atoms with van der Waals surface area (Å²) in [6, 6.07) is 0. The molecule has 0 aliphatic heterocycles. The molecule has 0 N–H and O–H groups in total. The first-order chi connectivity index (χ1) is 13.4. The molecule has 1 atom stereocenters. The monoisotopic (exact) mass is 461 g/mol. The van der Waals surface area contributed by atoms with Gasteiger partial charge in [0, 0.05) is 0 Å². The van der Waals surface area contributed by atoms with Crippen LogP contribution in [0.2, 0.25) is 0 Å². The van der Waals surface area contributed by atoms with E-state index in [1.165, 1.54) is 25.0 Å². The van der Waals surface area contributed by atoms with Crippen LogP contribution in [-0.2, 0) is 0 Å². The summed E-state index contributed by atoms with van der Waals surface area (Å²) in [5.74, 6) is 3.79. The fourth-order valence-electron chi connectivity index (χ4n) is 2.25. The van der Waals surface area contributed by atoms with E-state index in [2.05, 4.69) is 131 Å². The van der Waals surface area contributed by atoms with E-state index in [0.29, 0.717) is 21.7 Å². The van der Waals surface area contributed by atoms with Gasteiger partial charge < -0.3 is 0 Å². The van der Waals surface area contributed by atoms with E-state index < -0.39 is 0 Å². The van der Waals surface area contributed by atoms with Crippen LogP contribution in [0, 0.1) is 39.4 Å². The van der Waals surface area contributed by atoms with Crippen molar-refractivity contribution in [1.82, 2.24) is 0 Å². The predicted octanol–water partition coefficient (Wildman–Crippen LogP) is 11.6. The molecule has 0 amide bonds. The maximum atomic E-state index is 2.31. The topological polar surface area (TPSA) is 0 Å². The van der Waals surface area contributed by atoms with E-state index in [9.17, 15) is 0 Å². The van der Waals surface area contributed by atoms with Gasteiger partial charge >= 0.3 is 0 Å². The van der Waals surface area contributed by atoms with Crippen molar-refractivity contribution in [1.29, 1.82) is 0 Å². The third-order valence-corrected chi connectivity index (χ3v) is 6.51. The first-order valence-electron chi connectivity index (χ1n) is 12.9. The van der Waals surface area contributed by atoms with Crippen molar-refractivity contribution in [3.63, 3.8) is 0 Å². The maximum Gasteiger partial charge on any atom is -0.00653 e. The van der Waals surface area contributed by atoms with Crippen molar-refractivity contribution < 1.29 is 0 Å². The lowest BCUT2D eigenvalue weighted by atomic mass is 9.81. The van der Waals surface area contributed by atoms with E-state index >= 15 is 0 Å². The molecule has 0 saturated heterocycles. The molecule has 0 fully saturated rings. The zero-order valence-corrected chi connectivity index (χ0v) is 26.8. The SMILES string of the molecule is CC(C)C(C)(C)C.CC(C)CC(C)(C)C.CCC(C)C(C)(C)C.CSCCC(C)(C)C. The average molecular weight is 461 g/mol. The first kappa shape index (κ1) is 38.6. The summed E-state index contributed by atoms with van der Waals surface area (Å²) in [5, 5.41) is 0. The van der Waals surface area contributed by atoms with E-state index in [1.807, 2.05) is 11.8 Å². The molecule has 1 heteroatoms. The normalized spacial score (nSPS) is 13.5. The Hall–Kier alpha value is 0.350. The van der Waals surface area contributed by atoms with Gasteiger partial charge in [0.15, 0.2) is 0 Å². The Kier molecular flexibility index (Phi) is 22.1. The zero-order valence-electron chi connectivity index (χ0n) is 26.0. The number of hydrogen-bond acceptors (Lipinski definition) is 1. The van der Waals surface area contributed by atoms with Crippen molar-refractivity contribution in [2.45, 2.75) is 144 Å². The lowest BCUT2D eigenvalue weighted by Gasteiger charge is -2.25. The summed E-state index contributed by atoms with van der Waals surface area (Å²) < 4.78 is 0. The van der Waals surface area contributed by atoms with E-state index in [4.69, 9.17) is 0 Å². The number of rotatable bonds is 4. The second-order valence-corrected chi connectivity index (χ2v) is 15.6. The largest absolute Gasteiger partial charge is 0.165 e. The van der Waals surface area contributed by atoms with Crippen molar-refractivity contribution in [3.05, 3.63) is 0 Å². The van der Waals surface area contributed by atoms with Gasteiger partial charge in [0.1, 0.15) is 0 Å². The molecule has 31 heavy (non-hydrogen) atoms. The van der Waals surface area contributed by atoms with Gasteiger partial charge in [-0.3, -0.25) is 0 Å². The fourth-order valence-corrected chi connectivity index (χ4v) is 3.06. The highest BCUT2D eigenvalue weighted by Gasteiger charge is 2.17. The third-order valence-electron chi connectivity index (χ3n) is 5.90. The van der Waals surface area contributed by atoms with Crippen LogP contribution in [0.15, 0.2) is 0 Å². The molecule has 0 heterocycles. The zero-order chi connectivity index (χ0) is 26.3. The Labute approximate surface area is 206 Å². The van der Waals surface area contributed by atoms with Crippen molar-refractivity contribution in [2.24, 2.45) is 39.4 Å². The number of thioether (sulfide) groups is 1. The van der Waals surface area contributed by atoms with Gasteiger partial charge in [-0.15, -0.1) is 0 Å². The summed E-state index contributed by atoms with van der Waals surface area (Å²) in [7, 11) is 0. The lowest BCUT2D eigenvalue weighted by molar-refractivity contribution is 0.254. The Bertz CT molecular complexity index is 363. The van der Waals surface area contributed by atoms with Crippen LogP contribution in [0.3, 0.4) is 0 Å². The molecule has 0 spiro atoms. The minimum atomic E-state index is 0.500. The van der Waals surface area contributed by atoms with Crippen LogP contribution >= 0.6 is 11.8 Å². The van der Waals surface area contributed by atoms with E-state index in [1.54, 1.807) is 0 Å². The highest BCUT2D eigenvalue weighted by molar-refractivity contribution is 7.98. The molecule has 1 unspecified atom stereocenters. The average Bonchev–Trinajstić information content (AvgIpc) is 2.48. The molecule has 0 aliphatic rings. The first-order valence-corrected chi connectivity index (χ1v) is 14.3. The standard InChI is InChI=1S/2C8H18.C7H16S.C7H16/c1-7(2)6-8(3,4)5;1-6-7(2)8(3,4)5;1-7(2,3)5-6-8-4;1-6(2)7(3,4)5/h2*7H,6H2,1-5H3;5-6H2,1-4H3;6H,1-5H3. The minimum absolute atomic E-state index is 0.500. The molecule has 194 valence electrons. The Morgan fingerprint density at radius 2 is 0.968 bits per heavy atom. The van der Waals surface area contributed by atoms with Gasteiger partial charge in [-0.25, -0.2) is 0 Å². The molecular weight excluding hydrogens is 392 g/mol. The molecule has 0 aromatic carbocycles. The molecule has 0 saturated carbocycles. The Morgan fingerprint density at radius 3 is 1.00 bits per heavy atom. The summed E-state index contributed by atoms with van der Waals surface area (Å²) in [4.78, 5) is 0. The van der Waals surface area contributed by atoms with Crippen LogP contribution in [0.4, 0.5) is 0 Å². The smallest absolute Gasteiger partial charge is 0.00653 e. The van der Waals surface area contributed by atoms with Crippen molar-refractivity contribution >= 4 is 11.8 Å². The second-order valence-electron chi connectivity index (χ2n) is 14.7. The van der Waals surface area contributed by atoms with Gasteiger partial charge in [-0.1, -0.05) is 131 Å². The van der Waals surface area contributed by atoms with Crippen LogP contribution in [0.25, 0.3) is 0 Å². The summed E-state index contributed by atoms with van der Waals surface area (Å²) in [6.07, 6.45) is 6.11. The van der Waals surface area contributed by atoms with Crippen LogP contribution in [0.5, 0.6) is 0 Å². The van der Waals surface area contributed by atoms with Crippen LogP contribution in [-0.4, -0.2) is 12.0 Å². The van der Waals surface area contributed by atoms with Gasteiger partial charge in [-0.05, 0) is 64.3 Å². The maximum absolute atomic E-state index is 2.31. The van der Waals surface area contributed by atoms with Gasteiger partial charge in [0.2, 0.25) is 0 Å². The molecule has 0 aromatic rings. The van der Waals surface area contributed by atoms with Crippen molar-refractivity contribution in [3.8, 4) is 0 Å². The molecule has 0 bridgehead atoms. The summed E-state index contributed by atoms with van der Waals surface area (Å²) >= 11 is 1.93. The van der Waals surface area contributed by atoms with Crippen LogP contribution < -0.4 is 0 Å². The molecular formula is C30H68S. The third kappa shape index (κ3) is 41.1. The summed E-state index contributed by atoms with van der Waals surface area (Å²) in [6.45, 7) is 40.9. The fraction of sp³-hybridized carbons (Fsp3) is 1.00. The van der Waals surface area contributed by atoms with Crippen molar-refractivity contribution in [2.75, 3.05) is 12.0 Å². The molecule has 0 aliphatic carbocycles. The lowest BCUT2D eigenvalue weighted by Crippen LogP contribution is -2.15. The number of hydrogen-bond donors (Lipinski definition) is 0. The summed E-state index contributed by atoms with van der Waals surface area (Å²) in [5.41, 5.74) is 2.06. The predicted molar refractivity (Wildman–Crippen MR) is 155 cm³/mol. The van der Waals surface area contributed by atoms with Gasteiger partial charge in [0.25, 0.3) is 0 Å². The van der Waals surface area contributed by atoms with E-state index in [0.717, 1.165) is 17.8 Å². The minimum Gasteiger partial charge on any atom is -0.165 e. The van der Waals surface area contributed by atoms with E-state index in [-0.39, 0.29) is 0 Å². The second kappa shape index (κ2) is 17.8. The quantitative estimate of drug-likeness (QED) is 0.402. The molecule has 0 aromatic heterocycles. The Balaban J connectivity index is -0.000000157. The highest BCUT2D eigenvalue weighted by Crippen LogP contribution is 2.27. The Morgan fingerprint density at radius 1 is 0.613 bits per heavy atom. The van der Waals surface area contributed by atoms with Gasteiger partial charge in [0.05, 0.1) is 0 Å². The molecule has 0 rings (SSSR count). The molecule has 0 nitrogen and oxygen atoms in total. The van der Waals surface area contributed by atoms with Crippen LogP contribution in [0.1, 0.15) is 144 Å².